The largest absolute Gasteiger partial charge is 0.376 e. The highest BCUT2D eigenvalue weighted by atomic mass is 16.5. The molecule has 2 N–H and O–H groups in total. The molecule has 5 heteroatoms. The van der Waals surface area contributed by atoms with E-state index in [1.807, 2.05) is 13.1 Å². The summed E-state index contributed by atoms with van der Waals surface area (Å²) in [5.74, 6) is 1.56. The number of likely N-dealkylation sites (tertiary alicyclic amines) is 1. The van der Waals surface area contributed by atoms with Gasteiger partial charge in [0, 0.05) is 49.7 Å². The lowest BCUT2D eigenvalue weighted by Gasteiger charge is -2.21. The van der Waals surface area contributed by atoms with Gasteiger partial charge in [-0.1, -0.05) is 48.5 Å². The van der Waals surface area contributed by atoms with Crippen molar-refractivity contribution in [3.05, 3.63) is 71.9 Å². The highest BCUT2D eigenvalue weighted by molar-refractivity contribution is 5.83. The van der Waals surface area contributed by atoms with Gasteiger partial charge in [0.25, 0.3) is 0 Å². The lowest BCUT2D eigenvalue weighted by molar-refractivity contribution is 0.0907. The zero-order valence-electron chi connectivity index (χ0n) is 17.1. The molecule has 3 aromatic rings. The molecule has 1 fully saturated rings. The van der Waals surface area contributed by atoms with Crippen molar-refractivity contribution in [3.8, 4) is 0 Å². The van der Waals surface area contributed by atoms with Crippen LogP contribution in [0.3, 0.4) is 0 Å². The van der Waals surface area contributed by atoms with E-state index in [0.717, 1.165) is 45.0 Å². The van der Waals surface area contributed by atoms with Crippen molar-refractivity contribution in [3.63, 3.8) is 0 Å². The number of nitrogens with zero attached hydrogens (tertiary/aromatic N) is 2. The number of ether oxygens (including phenoxy) is 1. The molecule has 5 nitrogen and oxygen atoms in total. The van der Waals surface area contributed by atoms with Gasteiger partial charge in [-0.25, -0.2) is 0 Å². The summed E-state index contributed by atoms with van der Waals surface area (Å²) in [6, 6.07) is 18.8. The molecule has 0 spiro atoms. The number of para-hydroxylation sites is 1. The van der Waals surface area contributed by atoms with Crippen molar-refractivity contribution in [1.29, 1.82) is 0 Å². The van der Waals surface area contributed by atoms with E-state index in [0.29, 0.717) is 12.5 Å². The van der Waals surface area contributed by atoms with Gasteiger partial charge in [0.1, 0.15) is 0 Å². The number of benzene rings is 2. The fraction of sp³-hybridized carbons (Fsp3) is 0.375. The zero-order valence-corrected chi connectivity index (χ0v) is 17.1. The molecular formula is C24H30N4O. The van der Waals surface area contributed by atoms with E-state index in [1.165, 1.54) is 22.0 Å². The van der Waals surface area contributed by atoms with Crippen LogP contribution in [0.2, 0.25) is 0 Å². The van der Waals surface area contributed by atoms with E-state index >= 15 is 0 Å². The number of rotatable bonds is 7. The van der Waals surface area contributed by atoms with Crippen LogP contribution in [-0.4, -0.2) is 49.1 Å². The van der Waals surface area contributed by atoms with E-state index in [-0.39, 0.29) is 0 Å². The number of hydrogen-bond donors (Lipinski definition) is 2. The van der Waals surface area contributed by atoms with Gasteiger partial charge in [-0.05, 0) is 30.0 Å². The average molecular weight is 391 g/mol. The molecular weight excluding hydrogens is 360 g/mol. The van der Waals surface area contributed by atoms with E-state index in [1.54, 1.807) is 0 Å². The molecule has 29 heavy (non-hydrogen) atoms. The molecule has 4 rings (SSSR count). The molecule has 1 aliphatic rings. The Bertz CT molecular complexity index is 934. The molecule has 1 saturated heterocycles. The topological polar surface area (TPSA) is 52.7 Å². The maximum Gasteiger partial charge on any atom is 0.193 e. The normalized spacial score (nSPS) is 17.2. The molecule has 1 aromatic heterocycles. The Labute approximate surface area is 172 Å². The van der Waals surface area contributed by atoms with Crippen molar-refractivity contribution < 1.29 is 4.74 Å². The first-order valence-electron chi connectivity index (χ1n) is 10.5. The predicted molar refractivity (Wildman–Crippen MR) is 119 cm³/mol. The minimum absolute atomic E-state index is 0.561. The quantitative estimate of drug-likeness (QED) is 0.476. The Kier molecular flexibility index (Phi) is 6.47. The van der Waals surface area contributed by atoms with Crippen LogP contribution in [0.15, 0.2) is 65.8 Å². The van der Waals surface area contributed by atoms with Crippen LogP contribution >= 0.6 is 0 Å². The Balaban J connectivity index is 1.21. The summed E-state index contributed by atoms with van der Waals surface area (Å²) in [6.45, 7) is 4.40. The molecule has 2 heterocycles. The molecule has 0 saturated carbocycles. The monoisotopic (exact) mass is 390 g/mol. The molecule has 1 aliphatic heterocycles. The third-order valence-corrected chi connectivity index (χ3v) is 5.61. The van der Waals surface area contributed by atoms with E-state index in [2.05, 4.69) is 74.9 Å². The molecule has 1 unspecified atom stereocenters. The fourth-order valence-corrected chi connectivity index (χ4v) is 4.06. The van der Waals surface area contributed by atoms with Crippen molar-refractivity contribution in [2.75, 3.05) is 33.3 Å². The zero-order chi connectivity index (χ0) is 19.9. The summed E-state index contributed by atoms with van der Waals surface area (Å²) in [7, 11) is 1.87. The average Bonchev–Trinajstić information content (AvgIpc) is 3.39. The van der Waals surface area contributed by atoms with Crippen molar-refractivity contribution >= 4 is 16.9 Å². The molecule has 1 atom stereocenters. The van der Waals surface area contributed by atoms with Gasteiger partial charge in [0.05, 0.1) is 13.2 Å². The lowest BCUT2D eigenvalue weighted by Crippen LogP contribution is -2.41. The molecule has 0 bridgehead atoms. The Morgan fingerprint density at radius 2 is 2.00 bits per heavy atom. The SMILES string of the molecule is CN=C(NCCc1c[nH]c2ccccc12)N1CCC(COCc2ccccc2)C1. The van der Waals surface area contributed by atoms with Crippen LogP contribution in [0.25, 0.3) is 10.9 Å². The van der Waals surface area contributed by atoms with Gasteiger partial charge in [-0.15, -0.1) is 0 Å². The minimum Gasteiger partial charge on any atom is -0.376 e. The lowest BCUT2D eigenvalue weighted by atomic mass is 10.1. The first kappa shape index (κ1) is 19.5. The Hall–Kier alpha value is -2.79. The number of nitrogens with one attached hydrogen (secondary N) is 2. The summed E-state index contributed by atoms with van der Waals surface area (Å²) in [5, 5.41) is 4.84. The highest BCUT2D eigenvalue weighted by Gasteiger charge is 2.24. The number of aromatic amines is 1. The van der Waals surface area contributed by atoms with Gasteiger partial charge in [0.2, 0.25) is 0 Å². The summed E-state index contributed by atoms with van der Waals surface area (Å²) in [6.07, 6.45) is 4.24. The predicted octanol–water partition coefficient (Wildman–Crippen LogP) is 3.82. The Morgan fingerprint density at radius 3 is 2.86 bits per heavy atom. The van der Waals surface area contributed by atoms with Gasteiger partial charge in [-0.3, -0.25) is 4.99 Å². The third kappa shape index (κ3) is 4.98. The number of H-pyrrole nitrogens is 1. The maximum atomic E-state index is 5.95. The Morgan fingerprint density at radius 1 is 1.17 bits per heavy atom. The smallest absolute Gasteiger partial charge is 0.193 e. The highest BCUT2D eigenvalue weighted by Crippen LogP contribution is 2.19. The fourth-order valence-electron chi connectivity index (χ4n) is 4.06. The van der Waals surface area contributed by atoms with Crippen LogP contribution in [0, 0.1) is 5.92 Å². The number of fused-ring (bicyclic) bond motifs is 1. The van der Waals surface area contributed by atoms with Gasteiger partial charge in [-0.2, -0.15) is 0 Å². The van der Waals surface area contributed by atoms with E-state index in [9.17, 15) is 0 Å². The summed E-state index contributed by atoms with van der Waals surface area (Å²) in [4.78, 5) is 10.2. The van der Waals surface area contributed by atoms with Crippen molar-refractivity contribution in [1.82, 2.24) is 15.2 Å². The second kappa shape index (κ2) is 9.61. The molecule has 0 radical (unpaired) electrons. The molecule has 152 valence electrons. The first-order chi connectivity index (χ1) is 14.3. The van der Waals surface area contributed by atoms with Crippen LogP contribution in [0.4, 0.5) is 0 Å². The van der Waals surface area contributed by atoms with Gasteiger partial charge < -0.3 is 19.9 Å². The van der Waals surface area contributed by atoms with Crippen molar-refractivity contribution in [2.24, 2.45) is 10.9 Å². The molecule has 0 aliphatic carbocycles. The van der Waals surface area contributed by atoms with Crippen LogP contribution < -0.4 is 5.32 Å². The first-order valence-corrected chi connectivity index (χ1v) is 10.5. The second-order valence-electron chi connectivity index (χ2n) is 7.68. The molecule has 2 aromatic carbocycles. The summed E-state index contributed by atoms with van der Waals surface area (Å²) < 4.78 is 5.95. The maximum absolute atomic E-state index is 5.95. The number of aliphatic imine (C=N–C) groups is 1. The third-order valence-electron chi connectivity index (χ3n) is 5.61. The molecule has 0 amide bonds. The standard InChI is InChI=1S/C24H30N4O/c1-25-24(26-13-11-21-15-27-23-10-6-5-9-22(21)23)28-14-12-20(16-28)18-29-17-19-7-3-2-4-8-19/h2-10,15,20,27H,11-14,16-18H2,1H3,(H,25,26). The van der Waals surface area contributed by atoms with Gasteiger partial charge in [0.15, 0.2) is 5.96 Å². The van der Waals surface area contributed by atoms with E-state index < -0.39 is 0 Å². The number of hydrogen-bond acceptors (Lipinski definition) is 2. The van der Waals surface area contributed by atoms with E-state index in [4.69, 9.17) is 4.74 Å². The minimum atomic E-state index is 0.561. The van der Waals surface area contributed by atoms with Crippen LogP contribution in [0.5, 0.6) is 0 Å². The number of aromatic nitrogens is 1. The summed E-state index contributed by atoms with van der Waals surface area (Å²) >= 11 is 0. The van der Waals surface area contributed by atoms with Crippen LogP contribution in [0.1, 0.15) is 17.5 Å². The van der Waals surface area contributed by atoms with Crippen LogP contribution in [-0.2, 0) is 17.8 Å². The summed E-state index contributed by atoms with van der Waals surface area (Å²) in [5.41, 5.74) is 3.78. The number of guanidine groups is 1. The second-order valence-corrected chi connectivity index (χ2v) is 7.68. The van der Waals surface area contributed by atoms with Crippen molar-refractivity contribution in [2.45, 2.75) is 19.4 Å². The van der Waals surface area contributed by atoms with Gasteiger partial charge >= 0.3 is 0 Å².